The van der Waals surface area contributed by atoms with Crippen LogP contribution in [0.5, 0.6) is 0 Å². The molecule has 0 aliphatic carbocycles. The molecule has 1 saturated heterocycles. The van der Waals surface area contributed by atoms with Crippen LogP contribution in [0.25, 0.3) is 0 Å². The minimum absolute atomic E-state index is 0.0297. The monoisotopic (exact) mass is 290 g/mol. The Labute approximate surface area is 118 Å². The number of rotatable bonds is 6. The minimum atomic E-state index is -0.989. The molecule has 0 spiro atoms. The Bertz CT molecular complexity index is 345. The molecule has 0 radical (unpaired) electrons. The summed E-state index contributed by atoms with van der Waals surface area (Å²) in [6.07, 6.45) is 2.01. The first-order valence-electron chi connectivity index (χ1n) is 6.15. The van der Waals surface area contributed by atoms with Gasteiger partial charge in [-0.15, -0.1) is 0 Å². The van der Waals surface area contributed by atoms with E-state index in [0.29, 0.717) is 13.1 Å². The minimum Gasteiger partial charge on any atom is -0.480 e. The van der Waals surface area contributed by atoms with Crippen LogP contribution in [-0.4, -0.2) is 77.3 Å². The first kappa shape index (κ1) is 16.1. The molecular formula is C12H22N2O4S. The van der Waals surface area contributed by atoms with Crippen LogP contribution in [0.2, 0.25) is 0 Å². The van der Waals surface area contributed by atoms with Crippen LogP contribution >= 0.6 is 11.8 Å². The second-order valence-electron chi connectivity index (χ2n) is 5.19. The maximum absolute atomic E-state index is 12.1. The Kier molecular flexibility index (Phi) is 5.49. The molecule has 7 heteroatoms. The zero-order valence-electron chi connectivity index (χ0n) is 11.9. The Morgan fingerprint density at radius 3 is 2.58 bits per heavy atom. The first-order valence-corrected chi connectivity index (χ1v) is 7.55. The molecular weight excluding hydrogens is 268 g/mol. The van der Waals surface area contributed by atoms with Crippen molar-refractivity contribution in [1.29, 1.82) is 0 Å². The predicted octanol–water partition coefficient (Wildman–Crippen LogP) is 0.965. The largest absolute Gasteiger partial charge is 0.480 e. The van der Waals surface area contributed by atoms with E-state index in [0.717, 1.165) is 5.75 Å². The summed E-state index contributed by atoms with van der Waals surface area (Å²) in [6.45, 7) is 4.39. The van der Waals surface area contributed by atoms with E-state index in [9.17, 15) is 9.59 Å². The van der Waals surface area contributed by atoms with Crippen molar-refractivity contribution in [2.24, 2.45) is 0 Å². The number of hydrogen-bond donors (Lipinski definition) is 1. The lowest BCUT2D eigenvalue weighted by Crippen LogP contribution is -2.66. The molecule has 19 heavy (non-hydrogen) atoms. The molecule has 0 saturated carbocycles. The maximum atomic E-state index is 12.1. The molecule has 1 N–H and O–H groups in total. The van der Waals surface area contributed by atoms with Gasteiger partial charge in [-0.3, -0.25) is 0 Å². The summed E-state index contributed by atoms with van der Waals surface area (Å²) in [5.74, 6) is -0.0974. The van der Waals surface area contributed by atoms with Gasteiger partial charge >= 0.3 is 12.0 Å². The predicted molar refractivity (Wildman–Crippen MR) is 74.6 cm³/mol. The number of aliphatic carboxylic acids is 1. The Hall–Kier alpha value is -0.950. The Balaban J connectivity index is 2.40. The van der Waals surface area contributed by atoms with Crippen molar-refractivity contribution in [2.75, 3.05) is 38.8 Å². The van der Waals surface area contributed by atoms with Crippen molar-refractivity contribution in [3.8, 4) is 0 Å². The molecule has 1 aliphatic rings. The number of nitrogens with zero attached hydrogens (tertiary/aromatic N) is 2. The number of ether oxygens (including phenoxy) is 1. The summed E-state index contributed by atoms with van der Waals surface area (Å²) in [4.78, 5) is 26.0. The second-order valence-corrected chi connectivity index (χ2v) is 6.10. The fourth-order valence-corrected chi connectivity index (χ4v) is 2.69. The molecule has 1 rings (SSSR count). The quantitative estimate of drug-likeness (QED) is 0.789. The summed E-state index contributed by atoms with van der Waals surface area (Å²) in [5, 5.41) is 8.58. The smallest absolute Gasteiger partial charge is 0.329 e. The van der Waals surface area contributed by atoms with Gasteiger partial charge in [0, 0.05) is 18.8 Å². The Morgan fingerprint density at radius 1 is 1.53 bits per heavy atom. The van der Waals surface area contributed by atoms with Crippen molar-refractivity contribution in [2.45, 2.75) is 25.5 Å². The van der Waals surface area contributed by atoms with E-state index >= 15 is 0 Å². The van der Waals surface area contributed by atoms with Gasteiger partial charge in [-0.1, -0.05) is 0 Å². The third-order valence-corrected chi connectivity index (χ3v) is 4.05. The zero-order chi connectivity index (χ0) is 14.6. The third kappa shape index (κ3) is 4.28. The second kappa shape index (κ2) is 6.47. The van der Waals surface area contributed by atoms with Crippen LogP contribution in [0.3, 0.4) is 0 Å². The van der Waals surface area contributed by atoms with Gasteiger partial charge in [0.05, 0.1) is 13.1 Å². The Morgan fingerprint density at radius 2 is 2.11 bits per heavy atom. The van der Waals surface area contributed by atoms with E-state index in [2.05, 4.69) is 0 Å². The molecule has 110 valence electrons. The average molecular weight is 290 g/mol. The van der Waals surface area contributed by atoms with E-state index in [1.165, 1.54) is 0 Å². The van der Waals surface area contributed by atoms with E-state index in [4.69, 9.17) is 9.84 Å². The standard InChI is InChI=1S/C12H22N2O4S/c1-9(6-19-4)13(3)11(17)14-7-12(2,8-14)18-5-10(15)16/h9H,5-8H2,1-4H3,(H,15,16). The number of carbonyl (C=O) groups is 2. The lowest BCUT2D eigenvalue weighted by atomic mass is 9.97. The molecule has 6 nitrogen and oxygen atoms in total. The molecule has 0 aromatic heterocycles. The number of thioether (sulfide) groups is 1. The van der Waals surface area contributed by atoms with E-state index < -0.39 is 11.6 Å². The highest BCUT2D eigenvalue weighted by molar-refractivity contribution is 7.98. The van der Waals surface area contributed by atoms with Crippen molar-refractivity contribution < 1.29 is 19.4 Å². The zero-order valence-corrected chi connectivity index (χ0v) is 12.7. The van der Waals surface area contributed by atoms with Crippen LogP contribution in [-0.2, 0) is 9.53 Å². The van der Waals surface area contributed by atoms with Gasteiger partial charge in [-0.05, 0) is 20.1 Å². The number of carbonyl (C=O) groups excluding carboxylic acids is 1. The number of amides is 2. The molecule has 1 heterocycles. The molecule has 0 aromatic rings. The van der Waals surface area contributed by atoms with Crippen LogP contribution in [0.1, 0.15) is 13.8 Å². The van der Waals surface area contributed by atoms with Gasteiger partial charge in [-0.2, -0.15) is 11.8 Å². The molecule has 1 fully saturated rings. The summed E-state index contributed by atoms with van der Waals surface area (Å²) in [7, 11) is 1.79. The van der Waals surface area contributed by atoms with E-state index in [-0.39, 0.29) is 18.7 Å². The lowest BCUT2D eigenvalue weighted by Gasteiger charge is -2.48. The first-order chi connectivity index (χ1) is 8.79. The fourth-order valence-electron chi connectivity index (χ4n) is 1.99. The number of likely N-dealkylation sites (tertiary alicyclic amines) is 1. The normalized spacial score (nSPS) is 18.6. The van der Waals surface area contributed by atoms with Gasteiger partial charge in [0.1, 0.15) is 12.2 Å². The average Bonchev–Trinajstić information content (AvgIpc) is 2.31. The van der Waals surface area contributed by atoms with Crippen molar-refractivity contribution in [3.05, 3.63) is 0 Å². The number of urea groups is 1. The van der Waals surface area contributed by atoms with Crippen molar-refractivity contribution >= 4 is 23.8 Å². The summed E-state index contributed by atoms with van der Waals surface area (Å²) in [6, 6.07) is 0.146. The van der Waals surface area contributed by atoms with Gasteiger partial charge in [-0.25, -0.2) is 9.59 Å². The van der Waals surface area contributed by atoms with Gasteiger partial charge < -0.3 is 19.6 Å². The lowest BCUT2D eigenvalue weighted by molar-refractivity contribution is -0.160. The highest BCUT2D eigenvalue weighted by atomic mass is 32.2. The van der Waals surface area contributed by atoms with Crippen LogP contribution in [0.15, 0.2) is 0 Å². The number of carboxylic acid groups (broad SMARTS) is 1. The third-order valence-electron chi connectivity index (χ3n) is 3.24. The van der Waals surface area contributed by atoms with Crippen LogP contribution < -0.4 is 0 Å². The SMILES string of the molecule is CSCC(C)N(C)C(=O)N1CC(C)(OCC(=O)O)C1. The number of carboxylic acids is 1. The molecule has 0 bridgehead atoms. The van der Waals surface area contributed by atoms with Crippen molar-refractivity contribution in [3.63, 3.8) is 0 Å². The van der Waals surface area contributed by atoms with Gasteiger partial charge in [0.25, 0.3) is 0 Å². The summed E-state index contributed by atoms with van der Waals surface area (Å²) in [5.41, 5.74) is -0.530. The molecule has 1 aliphatic heterocycles. The van der Waals surface area contributed by atoms with E-state index in [1.54, 1.807) is 28.6 Å². The summed E-state index contributed by atoms with van der Waals surface area (Å²) < 4.78 is 5.28. The molecule has 0 aromatic carbocycles. The maximum Gasteiger partial charge on any atom is 0.329 e. The molecule has 1 atom stereocenters. The summed E-state index contributed by atoms with van der Waals surface area (Å²) >= 11 is 1.70. The topological polar surface area (TPSA) is 70.1 Å². The molecule has 1 unspecified atom stereocenters. The van der Waals surface area contributed by atoms with Gasteiger partial charge in [0.2, 0.25) is 0 Å². The van der Waals surface area contributed by atoms with Crippen LogP contribution in [0, 0.1) is 0 Å². The van der Waals surface area contributed by atoms with Crippen molar-refractivity contribution in [1.82, 2.24) is 9.80 Å². The van der Waals surface area contributed by atoms with Gasteiger partial charge in [0.15, 0.2) is 0 Å². The van der Waals surface area contributed by atoms with E-state index in [1.807, 2.05) is 20.1 Å². The molecule has 2 amide bonds. The van der Waals surface area contributed by atoms with Crippen LogP contribution in [0.4, 0.5) is 4.79 Å². The highest BCUT2D eigenvalue weighted by Crippen LogP contribution is 2.26. The fraction of sp³-hybridized carbons (Fsp3) is 0.833. The highest BCUT2D eigenvalue weighted by Gasteiger charge is 2.44. The number of hydrogen-bond acceptors (Lipinski definition) is 4.